The number of hydrogen-bond acceptors (Lipinski definition) is 5. The fraction of sp³-hybridized carbons (Fsp3) is 0.684. The molecule has 1 aromatic rings. The first-order valence-corrected chi connectivity index (χ1v) is 12.5. The molecule has 3 fully saturated rings. The van der Waals surface area contributed by atoms with Gasteiger partial charge in [-0.25, -0.2) is 8.42 Å². The van der Waals surface area contributed by atoms with Crippen LogP contribution in [0.2, 0.25) is 0 Å². The van der Waals surface area contributed by atoms with Crippen LogP contribution in [0.15, 0.2) is 16.3 Å². The maximum Gasteiger partial charge on any atom is 0.265 e. The third-order valence-electron chi connectivity index (χ3n) is 6.09. The Bertz CT molecular complexity index is 831. The highest BCUT2D eigenvalue weighted by molar-refractivity contribution is 7.89. The molecular formula is C19H27N3O4S2. The number of sulfonamides is 1. The van der Waals surface area contributed by atoms with Crippen molar-refractivity contribution in [1.29, 1.82) is 0 Å². The molecule has 1 saturated carbocycles. The van der Waals surface area contributed by atoms with E-state index >= 15 is 0 Å². The van der Waals surface area contributed by atoms with E-state index in [4.69, 9.17) is 0 Å². The summed E-state index contributed by atoms with van der Waals surface area (Å²) in [7, 11) is -3.61. The first kappa shape index (κ1) is 19.8. The molecule has 0 N–H and O–H groups in total. The smallest absolute Gasteiger partial charge is 0.265 e. The van der Waals surface area contributed by atoms with Gasteiger partial charge in [0.05, 0.1) is 0 Å². The van der Waals surface area contributed by atoms with Crippen molar-refractivity contribution in [3.63, 3.8) is 0 Å². The molecule has 1 aromatic heterocycles. The summed E-state index contributed by atoms with van der Waals surface area (Å²) in [5.41, 5.74) is 0. The van der Waals surface area contributed by atoms with Crippen LogP contribution in [0.5, 0.6) is 0 Å². The lowest BCUT2D eigenvalue weighted by Crippen LogP contribution is -2.51. The van der Waals surface area contributed by atoms with Gasteiger partial charge < -0.3 is 9.80 Å². The molecule has 2 amide bonds. The lowest BCUT2D eigenvalue weighted by Gasteiger charge is -2.36. The number of hydrogen-bond donors (Lipinski definition) is 0. The first-order chi connectivity index (χ1) is 13.5. The molecule has 2 aliphatic heterocycles. The van der Waals surface area contributed by atoms with Gasteiger partial charge in [0.15, 0.2) is 0 Å². The van der Waals surface area contributed by atoms with Crippen LogP contribution >= 0.6 is 11.3 Å². The number of amides is 2. The molecule has 0 atom stereocenters. The zero-order chi connectivity index (χ0) is 19.7. The number of carbonyl (C=O) groups is 2. The highest BCUT2D eigenvalue weighted by Gasteiger charge is 2.35. The van der Waals surface area contributed by atoms with E-state index in [9.17, 15) is 18.0 Å². The van der Waals surface area contributed by atoms with Gasteiger partial charge in [-0.1, -0.05) is 12.8 Å². The van der Waals surface area contributed by atoms with E-state index in [0.717, 1.165) is 38.5 Å². The molecule has 154 valence electrons. The van der Waals surface area contributed by atoms with Gasteiger partial charge in [-0.3, -0.25) is 9.59 Å². The zero-order valence-electron chi connectivity index (χ0n) is 16.0. The Morgan fingerprint density at radius 1 is 0.893 bits per heavy atom. The van der Waals surface area contributed by atoms with Crippen molar-refractivity contribution in [2.24, 2.45) is 5.92 Å². The fourth-order valence-electron chi connectivity index (χ4n) is 4.43. The van der Waals surface area contributed by atoms with Crippen LogP contribution in [0.4, 0.5) is 0 Å². The van der Waals surface area contributed by atoms with Crippen LogP contribution in [0.3, 0.4) is 0 Å². The molecule has 3 aliphatic rings. The SMILES string of the molecule is O=C(c1sccc1S(=O)(=O)N1CCCC1)N1CCN(C(=O)C2CCCC2)CC1. The van der Waals surface area contributed by atoms with Crippen molar-refractivity contribution in [2.45, 2.75) is 43.4 Å². The Balaban J connectivity index is 1.42. The average molecular weight is 426 g/mol. The van der Waals surface area contributed by atoms with E-state index in [2.05, 4.69) is 0 Å². The largest absolute Gasteiger partial charge is 0.339 e. The fourth-order valence-corrected chi connectivity index (χ4v) is 7.31. The van der Waals surface area contributed by atoms with Crippen molar-refractivity contribution in [2.75, 3.05) is 39.3 Å². The number of carbonyl (C=O) groups excluding carboxylic acids is 2. The van der Waals surface area contributed by atoms with Gasteiger partial charge in [0.1, 0.15) is 9.77 Å². The molecule has 0 unspecified atom stereocenters. The Morgan fingerprint density at radius 3 is 2.14 bits per heavy atom. The van der Waals surface area contributed by atoms with Crippen molar-refractivity contribution in [3.05, 3.63) is 16.3 Å². The van der Waals surface area contributed by atoms with Crippen LogP contribution in [0, 0.1) is 5.92 Å². The lowest BCUT2D eigenvalue weighted by molar-refractivity contribution is -0.136. The van der Waals surface area contributed by atoms with Crippen LogP contribution in [-0.4, -0.2) is 73.6 Å². The van der Waals surface area contributed by atoms with E-state index in [1.165, 1.54) is 15.6 Å². The second kappa shape index (κ2) is 8.12. The van der Waals surface area contributed by atoms with E-state index < -0.39 is 10.0 Å². The van der Waals surface area contributed by atoms with Gasteiger partial charge in [0.2, 0.25) is 15.9 Å². The van der Waals surface area contributed by atoms with Crippen LogP contribution in [0.1, 0.15) is 48.2 Å². The minimum Gasteiger partial charge on any atom is -0.339 e. The second-order valence-corrected chi connectivity index (χ2v) is 10.6. The van der Waals surface area contributed by atoms with Gasteiger partial charge in [-0.2, -0.15) is 4.31 Å². The molecule has 4 rings (SSSR count). The number of rotatable bonds is 4. The molecule has 1 aliphatic carbocycles. The normalized spacial score (nSPS) is 22.1. The minimum atomic E-state index is -3.61. The number of piperazine rings is 1. The summed E-state index contributed by atoms with van der Waals surface area (Å²) >= 11 is 1.19. The van der Waals surface area contributed by atoms with E-state index in [0.29, 0.717) is 44.1 Å². The van der Waals surface area contributed by atoms with Gasteiger partial charge in [-0.15, -0.1) is 11.3 Å². The predicted octanol–water partition coefficient (Wildman–Crippen LogP) is 2.01. The van der Waals surface area contributed by atoms with Gasteiger partial charge in [0.25, 0.3) is 5.91 Å². The van der Waals surface area contributed by atoms with E-state index in [-0.39, 0.29) is 22.6 Å². The Labute approximate surface area is 170 Å². The van der Waals surface area contributed by atoms with Crippen molar-refractivity contribution >= 4 is 33.2 Å². The Hall–Kier alpha value is -1.45. The van der Waals surface area contributed by atoms with Gasteiger partial charge >= 0.3 is 0 Å². The number of nitrogens with zero attached hydrogens (tertiary/aromatic N) is 3. The molecule has 28 heavy (non-hydrogen) atoms. The maximum atomic E-state index is 13.0. The molecule has 9 heteroatoms. The van der Waals surface area contributed by atoms with E-state index in [1.54, 1.807) is 16.3 Å². The Morgan fingerprint density at radius 2 is 1.50 bits per heavy atom. The highest BCUT2D eigenvalue weighted by atomic mass is 32.2. The summed E-state index contributed by atoms with van der Waals surface area (Å²) in [6, 6.07) is 1.55. The lowest BCUT2D eigenvalue weighted by atomic mass is 10.1. The molecule has 3 heterocycles. The zero-order valence-corrected chi connectivity index (χ0v) is 17.6. The molecule has 0 aromatic carbocycles. The molecule has 7 nitrogen and oxygen atoms in total. The summed E-state index contributed by atoms with van der Waals surface area (Å²) in [5.74, 6) is 0.135. The van der Waals surface area contributed by atoms with Crippen molar-refractivity contribution in [3.8, 4) is 0 Å². The van der Waals surface area contributed by atoms with Gasteiger partial charge in [-0.05, 0) is 37.1 Å². The third kappa shape index (κ3) is 3.71. The second-order valence-electron chi connectivity index (χ2n) is 7.82. The number of thiophene rings is 1. The molecular weight excluding hydrogens is 398 g/mol. The highest BCUT2D eigenvalue weighted by Crippen LogP contribution is 2.30. The summed E-state index contributed by atoms with van der Waals surface area (Å²) in [5, 5.41) is 1.68. The molecule has 0 spiro atoms. The quantitative estimate of drug-likeness (QED) is 0.739. The van der Waals surface area contributed by atoms with Crippen LogP contribution < -0.4 is 0 Å². The summed E-state index contributed by atoms with van der Waals surface area (Å²) in [6.45, 7) is 3.01. The maximum absolute atomic E-state index is 13.0. The monoisotopic (exact) mass is 425 g/mol. The van der Waals surface area contributed by atoms with Crippen LogP contribution in [-0.2, 0) is 14.8 Å². The summed E-state index contributed by atoms with van der Waals surface area (Å²) < 4.78 is 27.3. The predicted molar refractivity (Wildman–Crippen MR) is 107 cm³/mol. The molecule has 2 saturated heterocycles. The molecule has 0 radical (unpaired) electrons. The summed E-state index contributed by atoms with van der Waals surface area (Å²) in [6.07, 6.45) is 5.94. The minimum absolute atomic E-state index is 0.133. The average Bonchev–Trinajstić information content (AvgIpc) is 3.48. The Kier molecular flexibility index (Phi) is 5.76. The van der Waals surface area contributed by atoms with Crippen LogP contribution in [0.25, 0.3) is 0 Å². The first-order valence-electron chi connectivity index (χ1n) is 10.1. The topological polar surface area (TPSA) is 78.0 Å². The third-order valence-corrected chi connectivity index (χ3v) is 9.06. The standard InChI is InChI=1S/C19H27N3O4S2/c23-18(15-5-1-2-6-15)20-10-12-21(13-11-20)19(24)17-16(7-14-27-17)28(25,26)22-8-3-4-9-22/h7,14-15H,1-6,8-13H2. The van der Waals surface area contributed by atoms with Gasteiger partial charge in [0, 0.05) is 45.2 Å². The summed E-state index contributed by atoms with van der Waals surface area (Å²) in [4.78, 5) is 29.6. The van der Waals surface area contributed by atoms with Crippen molar-refractivity contribution < 1.29 is 18.0 Å². The van der Waals surface area contributed by atoms with E-state index in [1.807, 2.05) is 4.90 Å². The molecule has 0 bridgehead atoms. The van der Waals surface area contributed by atoms with Crippen molar-refractivity contribution in [1.82, 2.24) is 14.1 Å².